The van der Waals surface area contributed by atoms with Crippen LogP contribution in [0.5, 0.6) is 0 Å². The number of hydrogen-bond acceptors (Lipinski definition) is 1. The molecule has 0 radical (unpaired) electrons. The largest absolute Gasteiger partial charge is 0.358 e. The molecule has 1 fully saturated rings. The van der Waals surface area contributed by atoms with Gasteiger partial charge in [0.1, 0.15) is 0 Å². The fraction of sp³-hybridized carbons (Fsp3) is 0.533. The first-order valence-corrected chi connectivity index (χ1v) is 7.25. The number of aryl methyl sites for hydroxylation is 1. The van der Waals surface area contributed by atoms with Gasteiger partial charge in [0.25, 0.3) is 0 Å². The molecule has 3 heteroatoms. The number of thiocarbonyl (C=S) groups is 1. The van der Waals surface area contributed by atoms with E-state index in [-0.39, 0.29) is 0 Å². The van der Waals surface area contributed by atoms with Crippen molar-refractivity contribution in [1.29, 1.82) is 0 Å². The quantitative estimate of drug-likeness (QED) is 0.824. The van der Waals surface area contributed by atoms with Gasteiger partial charge in [0, 0.05) is 19.6 Å². The molecule has 0 saturated carbocycles. The second-order valence-corrected chi connectivity index (χ2v) is 5.43. The molecular formula is C15H22N2S. The third kappa shape index (κ3) is 3.98. The van der Waals surface area contributed by atoms with Crippen LogP contribution in [0, 0.1) is 6.92 Å². The van der Waals surface area contributed by atoms with E-state index in [1.165, 1.54) is 36.8 Å². The molecule has 1 aromatic carbocycles. The Labute approximate surface area is 115 Å². The van der Waals surface area contributed by atoms with Crippen molar-refractivity contribution < 1.29 is 0 Å². The molecule has 1 saturated heterocycles. The Morgan fingerprint density at radius 3 is 2.33 bits per heavy atom. The van der Waals surface area contributed by atoms with Crippen LogP contribution in [0.1, 0.15) is 36.8 Å². The minimum Gasteiger partial charge on any atom is -0.358 e. The van der Waals surface area contributed by atoms with Gasteiger partial charge >= 0.3 is 0 Å². The topological polar surface area (TPSA) is 15.3 Å². The van der Waals surface area contributed by atoms with E-state index >= 15 is 0 Å². The van der Waals surface area contributed by atoms with Crippen molar-refractivity contribution in [3.63, 3.8) is 0 Å². The van der Waals surface area contributed by atoms with Crippen LogP contribution in [-0.4, -0.2) is 23.1 Å². The zero-order valence-electron chi connectivity index (χ0n) is 11.1. The maximum absolute atomic E-state index is 5.47. The second kappa shape index (κ2) is 6.74. The van der Waals surface area contributed by atoms with E-state index < -0.39 is 0 Å². The minimum absolute atomic E-state index is 0.829. The Morgan fingerprint density at radius 1 is 1.11 bits per heavy atom. The Kier molecular flexibility index (Phi) is 5.00. The smallest absolute Gasteiger partial charge is 0.169 e. The van der Waals surface area contributed by atoms with E-state index in [0.29, 0.717) is 0 Å². The monoisotopic (exact) mass is 262 g/mol. The molecule has 0 atom stereocenters. The van der Waals surface area contributed by atoms with Gasteiger partial charge in [-0.05, 0) is 37.5 Å². The van der Waals surface area contributed by atoms with E-state index in [2.05, 4.69) is 41.4 Å². The highest BCUT2D eigenvalue weighted by molar-refractivity contribution is 7.80. The van der Waals surface area contributed by atoms with Crippen LogP contribution >= 0.6 is 12.2 Å². The van der Waals surface area contributed by atoms with Gasteiger partial charge in [-0.15, -0.1) is 0 Å². The number of nitrogens with zero attached hydrogens (tertiary/aromatic N) is 1. The van der Waals surface area contributed by atoms with Crippen LogP contribution in [-0.2, 0) is 6.54 Å². The Morgan fingerprint density at radius 2 is 1.72 bits per heavy atom. The average molecular weight is 262 g/mol. The van der Waals surface area contributed by atoms with Gasteiger partial charge in [0.15, 0.2) is 5.11 Å². The third-order valence-electron chi connectivity index (χ3n) is 3.46. The predicted octanol–water partition coefficient (Wildman–Crippen LogP) is 3.25. The standard InChI is InChI=1S/C15H22N2S/c1-13-6-8-14(9-7-13)12-16-15(18)17-10-4-2-3-5-11-17/h6-9H,2-5,10-12H2,1H3,(H,16,18). The van der Waals surface area contributed by atoms with E-state index in [4.69, 9.17) is 12.2 Å². The van der Waals surface area contributed by atoms with E-state index in [1.54, 1.807) is 0 Å². The van der Waals surface area contributed by atoms with Gasteiger partial charge in [-0.1, -0.05) is 42.7 Å². The van der Waals surface area contributed by atoms with Gasteiger partial charge in [-0.2, -0.15) is 0 Å². The zero-order valence-corrected chi connectivity index (χ0v) is 11.9. The molecule has 0 amide bonds. The SMILES string of the molecule is Cc1ccc(CNC(=S)N2CCCCCC2)cc1. The van der Waals surface area contributed by atoms with Crippen LogP contribution in [0.15, 0.2) is 24.3 Å². The molecule has 0 unspecified atom stereocenters. The van der Waals surface area contributed by atoms with Crippen molar-refractivity contribution in [3.8, 4) is 0 Å². The summed E-state index contributed by atoms with van der Waals surface area (Å²) < 4.78 is 0. The van der Waals surface area contributed by atoms with Gasteiger partial charge in [0.2, 0.25) is 0 Å². The molecule has 1 N–H and O–H groups in total. The molecule has 0 aliphatic carbocycles. The van der Waals surface area contributed by atoms with Gasteiger partial charge in [-0.3, -0.25) is 0 Å². The summed E-state index contributed by atoms with van der Waals surface area (Å²) in [5, 5.41) is 4.29. The van der Waals surface area contributed by atoms with E-state index in [0.717, 1.165) is 24.7 Å². The number of hydrogen-bond donors (Lipinski definition) is 1. The molecule has 98 valence electrons. The number of benzene rings is 1. The Bertz CT molecular complexity index is 378. The summed E-state index contributed by atoms with van der Waals surface area (Å²) >= 11 is 5.47. The molecule has 1 heterocycles. The summed E-state index contributed by atoms with van der Waals surface area (Å²) in [7, 11) is 0. The normalized spacial score (nSPS) is 16.2. The van der Waals surface area contributed by atoms with Crippen LogP contribution in [0.3, 0.4) is 0 Å². The highest BCUT2D eigenvalue weighted by atomic mass is 32.1. The van der Waals surface area contributed by atoms with Crippen molar-refractivity contribution in [3.05, 3.63) is 35.4 Å². The highest BCUT2D eigenvalue weighted by Gasteiger charge is 2.11. The lowest BCUT2D eigenvalue weighted by molar-refractivity contribution is 0.427. The molecule has 2 nitrogen and oxygen atoms in total. The van der Waals surface area contributed by atoms with E-state index in [9.17, 15) is 0 Å². The van der Waals surface area contributed by atoms with Crippen molar-refractivity contribution >= 4 is 17.3 Å². The van der Waals surface area contributed by atoms with Crippen molar-refractivity contribution in [2.24, 2.45) is 0 Å². The molecule has 0 spiro atoms. The number of rotatable bonds is 2. The maximum atomic E-state index is 5.47. The molecule has 0 aromatic heterocycles. The highest BCUT2D eigenvalue weighted by Crippen LogP contribution is 2.10. The van der Waals surface area contributed by atoms with Crippen molar-refractivity contribution in [1.82, 2.24) is 10.2 Å². The van der Waals surface area contributed by atoms with Gasteiger partial charge in [-0.25, -0.2) is 0 Å². The van der Waals surface area contributed by atoms with Crippen LogP contribution < -0.4 is 5.32 Å². The second-order valence-electron chi connectivity index (χ2n) is 5.05. The lowest BCUT2D eigenvalue weighted by Gasteiger charge is -2.24. The number of nitrogens with one attached hydrogen (secondary N) is 1. The van der Waals surface area contributed by atoms with Crippen molar-refractivity contribution in [2.75, 3.05) is 13.1 Å². The summed E-state index contributed by atoms with van der Waals surface area (Å²) in [5.74, 6) is 0. The summed E-state index contributed by atoms with van der Waals surface area (Å²) in [6, 6.07) is 8.61. The lowest BCUT2D eigenvalue weighted by Crippen LogP contribution is -2.39. The molecule has 18 heavy (non-hydrogen) atoms. The summed E-state index contributed by atoms with van der Waals surface area (Å²) in [5.41, 5.74) is 2.59. The summed E-state index contributed by atoms with van der Waals surface area (Å²) in [6.45, 7) is 5.16. The molecule has 0 bridgehead atoms. The van der Waals surface area contributed by atoms with Crippen LogP contribution in [0.4, 0.5) is 0 Å². The van der Waals surface area contributed by atoms with Crippen molar-refractivity contribution in [2.45, 2.75) is 39.2 Å². The average Bonchev–Trinajstić information content (AvgIpc) is 2.66. The Hall–Kier alpha value is -1.09. The zero-order chi connectivity index (χ0) is 12.8. The first-order chi connectivity index (χ1) is 8.75. The summed E-state index contributed by atoms with van der Waals surface area (Å²) in [4.78, 5) is 2.32. The van der Waals surface area contributed by atoms with Gasteiger partial charge < -0.3 is 10.2 Å². The molecule has 1 aromatic rings. The molecular weight excluding hydrogens is 240 g/mol. The van der Waals surface area contributed by atoms with Gasteiger partial charge in [0.05, 0.1) is 0 Å². The summed E-state index contributed by atoms with van der Waals surface area (Å²) in [6.07, 6.45) is 5.23. The Balaban J connectivity index is 1.81. The maximum Gasteiger partial charge on any atom is 0.169 e. The number of likely N-dealkylation sites (tertiary alicyclic amines) is 1. The predicted molar refractivity (Wildman–Crippen MR) is 80.7 cm³/mol. The fourth-order valence-corrected chi connectivity index (χ4v) is 2.52. The first kappa shape index (κ1) is 13.3. The van der Waals surface area contributed by atoms with Crippen LogP contribution in [0.25, 0.3) is 0 Å². The minimum atomic E-state index is 0.829. The molecule has 1 aliphatic heterocycles. The molecule has 2 rings (SSSR count). The lowest BCUT2D eigenvalue weighted by atomic mass is 10.1. The fourth-order valence-electron chi connectivity index (χ4n) is 2.27. The molecule has 1 aliphatic rings. The third-order valence-corrected chi connectivity index (χ3v) is 3.86. The van der Waals surface area contributed by atoms with Crippen LogP contribution in [0.2, 0.25) is 0 Å². The first-order valence-electron chi connectivity index (χ1n) is 6.84. The van der Waals surface area contributed by atoms with E-state index in [1.807, 2.05) is 0 Å².